The Hall–Kier alpha value is -0.330. The molecule has 1 heterocycles. The number of sulfone groups is 1. The van der Waals surface area contributed by atoms with Crippen LogP contribution in [0.25, 0.3) is 0 Å². The number of hydrazine groups is 1. The van der Waals surface area contributed by atoms with Gasteiger partial charge in [0.15, 0.2) is 9.84 Å². The van der Waals surface area contributed by atoms with Crippen molar-refractivity contribution in [3.63, 3.8) is 0 Å². The van der Waals surface area contributed by atoms with Gasteiger partial charge in [0.05, 0.1) is 11.3 Å². The third kappa shape index (κ3) is 2.65. The summed E-state index contributed by atoms with van der Waals surface area (Å²) >= 11 is 12.0. The molecule has 4 nitrogen and oxygen atoms in total. The lowest BCUT2D eigenvalue weighted by molar-refractivity contribution is 0.554. The molecule has 1 aliphatic heterocycles. The van der Waals surface area contributed by atoms with Crippen molar-refractivity contribution in [3.8, 4) is 0 Å². The largest absolute Gasteiger partial charge is 0.256 e. The van der Waals surface area contributed by atoms with E-state index in [2.05, 4.69) is 10.9 Å². The van der Waals surface area contributed by atoms with Crippen LogP contribution in [0.15, 0.2) is 18.2 Å². The second-order valence-corrected chi connectivity index (χ2v) is 7.51. The Labute approximate surface area is 117 Å². The third-order valence-corrected chi connectivity index (χ3v) is 5.82. The van der Waals surface area contributed by atoms with Gasteiger partial charge in [-0.2, -0.15) is 0 Å². The van der Waals surface area contributed by atoms with Crippen LogP contribution in [0.2, 0.25) is 10.0 Å². The standard InChI is InChI=1S/C11H14Cl2N2O2S/c1-2-18(16,17)10-6-14-15-11(10)8-4-3-7(12)5-9(8)13/h3-5,10-11,14-15H,2,6H2,1H3. The Balaban J connectivity index is 2.38. The number of benzene rings is 1. The Morgan fingerprint density at radius 3 is 2.72 bits per heavy atom. The number of rotatable bonds is 3. The van der Waals surface area contributed by atoms with Crippen molar-refractivity contribution in [2.24, 2.45) is 0 Å². The van der Waals surface area contributed by atoms with Crippen LogP contribution in [-0.2, 0) is 9.84 Å². The molecule has 1 fully saturated rings. The van der Waals surface area contributed by atoms with Gasteiger partial charge in [-0.1, -0.05) is 36.2 Å². The lowest BCUT2D eigenvalue weighted by Crippen LogP contribution is -2.31. The van der Waals surface area contributed by atoms with E-state index in [1.54, 1.807) is 25.1 Å². The second-order valence-electron chi connectivity index (χ2n) is 4.16. The van der Waals surface area contributed by atoms with E-state index >= 15 is 0 Å². The van der Waals surface area contributed by atoms with E-state index in [0.717, 1.165) is 5.56 Å². The molecule has 2 atom stereocenters. The maximum Gasteiger partial charge on any atom is 0.156 e. The van der Waals surface area contributed by atoms with Gasteiger partial charge in [0.2, 0.25) is 0 Å². The molecule has 1 saturated heterocycles. The lowest BCUT2D eigenvalue weighted by atomic mass is 10.1. The van der Waals surface area contributed by atoms with Crippen molar-refractivity contribution in [1.82, 2.24) is 10.9 Å². The number of hydrogen-bond donors (Lipinski definition) is 2. The van der Waals surface area contributed by atoms with Gasteiger partial charge < -0.3 is 0 Å². The molecule has 0 radical (unpaired) electrons. The molecule has 0 saturated carbocycles. The highest BCUT2D eigenvalue weighted by Crippen LogP contribution is 2.32. The van der Waals surface area contributed by atoms with Crippen LogP contribution in [0.1, 0.15) is 18.5 Å². The molecule has 2 rings (SSSR count). The van der Waals surface area contributed by atoms with Crippen molar-refractivity contribution < 1.29 is 8.42 Å². The molecular formula is C11H14Cl2N2O2S. The van der Waals surface area contributed by atoms with Crippen molar-refractivity contribution in [3.05, 3.63) is 33.8 Å². The highest BCUT2D eigenvalue weighted by atomic mass is 35.5. The number of halogens is 2. The fraction of sp³-hybridized carbons (Fsp3) is 0.455. The predicted octanol–water partition coefficient (Wildman–Crippen LogP) is 1.95. The number of hydrogen-bond acceptors (Lipinski definition) is 4. The van der Waals surface area contributed by atoms with Crippen LogP contribution in [0, 0.1) is 0 Å². The molecule has 0 spiro atoms. The Kier molecular flexibility index (Phi) is 4.18. The summed E-state index contributed by atoms with van der Waals surface area (Å²) in [7, 11) is -3.14. The van der Waals surface area contributed by atoms with Crippen LogP contribution in [0.5, 0.6) is 0 Å². The van der Waals surface area contributed by atoms with Crippen molar-refractivity contribution in [2.75, 3.05) is 12.3 Å². The van der Waals surface area contributed by atoms with Crippen LogP contribution in [0.4, 0.5) is 0 Å². The average molecular weight is 309 g/mol. The zero-order valence-corrected chi connectivity index (χ0v) is 12.1. The minimum atomic E-state index is -3.14. The van der Waals surface area contributed by atoms with E-state index in [1.807, 2.05) is 0 Å². The van der Waals surface area contributed by atoms with E-state index in [-0.39, 0.29) is 11.8 Å². The molecule has 7 heteroatoms. The summed E-state index contributed by atoms with van der Waals surface area (Å²) in [5.74, 6) is 0.114. The van der Waals surface area contributed by atoms with Gasteiger partial charge in [0.25, 0.3) is 0 Å². The van der Waals surface area contributed by atoms with Gasteiger partial charge >= 0.3 is 0 Å². The van der Waals surface area contributed by atoms with Gasteiger partial charge in [0, 0.05) is 22.3 Å². The summed E-state index contributed by atoms with van der Waals surface area (Å²) in [6.45, 7) is 2.02. The van der Waals surface area contributed by atoms with Crippen LogP contribution < -0.4 is 10.9 Å². The quantitative estimate of drug-likeness (QED) is 0.896. The normalized spacial score (nSPS) is 24.4. The van der Waals surface area contributed by atoms with Gasteiger partial charge in [-0.05, 0) is 17.7 Å². The second kappa shape index (κ2) is 5.35. The molecule has 1 aromatic carbocycles. The third-order valence-electron chi connectivity index (χ3n) is 3.09. The molecule has 0 bridgehead atoms. The Morgan fingerprint density at radius 2 is 2.11 bits per heavy atom. The van der Waals surface area contributed by atoms with Gasteiger partial charge in [-0.15, -0.1) is 0 Å². The fourth-order valence-corrected chi connectivity index (χ4v) is 3.98. The summed E-state index contributed by atoms with van der Waals surface area (Å²) in [5, 5.41) is 0.491. The Morgan fingerprint density at radius 1 is 1.39 bits per heavy atom. The fourth-order valence-electron chi connectivity index (χ4n) is 2.06. The zero-order valence-electron chi connectivity index (χ0n) is 9.78. The molecule has 0 aromatic heterocycles. The zero-order chi connectivity index (χ0) is 13.3. The van der Waals surface area contributed by atoms with E-state index in [0.29, 0.717) is 16.6 Å². The highest BCUT2D eigenvalue weighted by molar-refractivity contribution is 7.92. The van der Waals surface area contributed by atoms with Gasteiger partial charge in [0.1, 0.15) is 0 Å². The molecule has 2 unspecified atom stereocenters. The molecule has 0 amide bonds. The minimum absolute atomic E-state index is 0.114. The summed E-state index contributed by atoms with van der Waals surface area (Å²) in [6, 6.07) is 4.74. The van der Waals surface area contributed by atoms with E-state index in [4.69, 9.17) is 23.2 Å². The maximum atomic E-state index is 12.0. The lowest BCUT2D eigenvalue weighted by Gasteiger charge is -2.19. The Bertz CT molecular complexity index is 548. The predicted molar refractivity (Wildman–Crippen MR) is 73.6 cm³/mol. The molecule has 0 aliphatic carbocycles. The topological polar surface area (TPSA) is 58.2 Å². The maximum absolute atomic E-state index is 12.0. The first-order valence-electron chi connectivity index (χ1n) is 5.60. The first-order chi connectivity index (χ1) is 8.45. The average Bonchev–Trinajstić information content (AvgIpc) is 2.78. The molecule has 18 heavy (non-hydrogen) atoms. The van der Waals surface area contributed by atoms with E-state index < -0.39 is 15.1 Å². The first-order valence-corrected chi connectivity index (χ1v) is 8.07. The monoisotopic (exact) mass is 308 g/mol. The molecular weight excluding hydrogens is 295 g/mol. The van der Waals surface area contributed by atoms with Gasteiger partial charge in [-0.25, -0.2) is 13.8 Å². The van der Waals surface area contributed by atoms with Crippen LogP contribution in [0.3, 0.4) is 0 Å². The number of nitrogens with one attached hydrogen (secondary N) is 2. The molecule has 1 aromatic rings. The summed E-state index contributed by atoms with van der Waals surface area (Å²) in [6.07, 6.45) is 0. The van der Waals surface area contributed by atoms with Crippen LogP contribution >= 0.6 is 23.2 Å². The van der Waals surface area contributed by atoms with E-state index in [9.17, 15) is 8.42 Å². The summed E-state index contributed by atoms with van der Waals surface area (Å²) in [4.78, 5) is 0. The molecule has 1 aliphatic rings. The smallest absolute Gasteiger partial charge is 0.156 e. The summed E-state index contributed by atoms with van der Waals surface area (Å²) < 4.78 is 24.0. The van der Waals surface area contributed by atoms with Crippen molar-refractivity contribution in [1.29, 1.82) is 0 Å². The minimum Gasteiger partial charge on any atom is -0.256 e. The van der Waals surface area contributed by atoms with Gasteiger partial charge in [-0.3, -0.25) is 5.43 Å². The molecule has 100 valence electrons. The summed E-state index contributed by atoms with van der Waals surface area (Å²) in [5.41, 5.74) is 6.59. The van der Waals surface area contributed by atoms with Crippen LogP contribution in [-0.4, -0.2) is 26.0 Å². The van der Waals surface area contributed by atoms with Crippen molar-refractivity contribution >= 4 is 33.0 Å². The highest BCUT2D eigenvalue weighted by Gasteiger charge is 2.38. The first kappa shape index (κ1) is 14.1. The van der Waals surface area contributed by atoms with E-state index in [1.165, 1.54) is 0 Å². The molecule has 2 N–H and O–H groups in total. The SMILES string of the molecule is CCS(=O)(=O)C1CNNC1c1ccc(Cl)cc1Cl. The van der Waals surface area contributed by atoms with Crippen molar-refractivity contribution in [2.45, 2.75) is 18.2 Å².